The number of ether oxygens (including phenoxy) is 6. The highest BCUT2D eigenvalue weighted by atomic mass is 16.5. The van der Waals surface area contributed by atoms with Crippen LogP contribution in [0, 0.1) is 0 Å². The van der Waals surface area contributed by atoms with Gasteiger partial charge in [0.25, 0.3) is 23.6 Å². The Kier molecular flexibility index (Phi) is 14.6. The van der Waals surface area contributed by atoms with Crippen molar-refractivity contribution in [2.75, 3.05) is 64.2 Å². The summed E-state index contributed by atoms with van der Waals surface area (Å²) in [6.45, 7) is 4.07. The molecule has 18 heteroatoms. The Morgan fingerprint density at radius 1 is 0.580 bits per heavy atom. The summed E-state index contributed by atoms with van der Waals surface area (Å²) in [5.74, 6) is 3.72. The zero-order chi connectivity index (χ0) is 47.3. The van der Waals surface area contributed by atoms with Gasteiger partial charge in [0.15, 0.2) is 11.6 Å². The fourth-order valence-electron chi connectivity index (χ4n) is 8.08. The Morgan fingerprint density at radius 2 is 0.971 bits per heavy atom. The van der Waals surface area contributed by atoms with Crippen LogP contribution < -0.4 is 29.6 Å². The molecule has 0 saturated carbocycles. The van der Waals surface area contributed by atoms with Crippen molar-refractivity contribution in [1.82, 2.24) is 29.4 Å². The van der Waals surface area contributed by atoms with E-state index in [9.17, 15) is 19.2 Å². The van der Waals surface area contributed by atoms with Crippen molar-refractivity contribution in [2.45, 2.75) is 45.3 Å². The van der Waals surface area contributed by atoms with E-state index < -0.39 is 0 Å². The summed E-state index contributed by atoms with van der Waals surface area (Å²) in [4.78, 5) is 54.3. The first-order valence-corrected chi connectivity index (χ1v) is 22.4. The number of methoxy groups -OCH3 is 2. The molecule has 2 fully saturated rings. The number of aromatic nitrogens is 4. The molecule has 2 N–H and O–H groups in total. The molecular weight excluding hydrogens is 885 g/mol. The first-order chi connectivity index (χ1) is 33.0. The molecule has 18 nitrogen and oxygen atoms in total. The molecule has 10 rings (SSSR count). The smallest absolute Gasteiger partial charge is 0.257 e. The van der Waals surface area contributed by atoms with Gasteiger partial charge in [0.05, 0.1) is 13.2 Å². The lowest BCUT2D eigenvalue weighted by molar-refractivity contribution is 0.0644. The molecule has 69 heavy (non-hydrogen) atoms. The Morgan fingerprint density at radius 3 is 1.29 bits per heavy atom. The SMILES string of the molecule is C.COCC1Cc2c(Oc3ccc(C(=O)N4CCC4)cc3)cc(C(=O)Nc3ccn(C)n3)cc2O1.COCC1Cc2c(Oc3ccc(C(=O)N4CCC4)cc3)cc(C(=O)Nc3ccn(C)n3)cc2O1. The summed E-state index contributed by atoms with van der Waals surface area (Å²) in [7, 11) is 6.81. The zero-order valence-electron chi connectivity index (χ0n) is 38.2. The van der Waals surface area contributed by atoms with Crippen LogP contribution in [0.4, 0.5) is 11.6 Å². The highest BCUT2D eigenvalue weighted by Gasteiger charge is 2.31. The molecule has 4 aliphatic heterocycles. The average Bonchev–Trinajstić information content (AvgIpc) is 4.10. The number of amides is 4. The van der Waals surface area contributed by atoms with Crippen molar-refractivity contribution in [3.63, 3.8) is 0 Å². The number of nitrogens with one attached hydrogen (secondary N) is 2. The Hall–Kier alpha value is -7.70. The molecule has 4 aliphatic rings. The van der Waals surface area contributed by atoms with E-state index in [0.29, 0.717) is 94.4 Å². The van der Waals surface area contributed by atoms with Crippen molar-refractivity contribution in [1.29, 1.82) is 0 Å². The van der Waals surface area contributed by atoms with Crippen LogP contribution in [0.1, 0.15) is 72.8 Å². The van der Waals surface area contributed by atoms with Crippen molar-refractivity contribution in [2.24, 2.45) is 14.1 Å². The minimum absolute atomic E-state index is 0. The molecular formula is C51H56N8O10. The van der Waals surface area contributed by atoms with Crippen LogP contribution in [0.2, 0.25) is 0 Å². The molecule has 4 aromatic carbocycles. The van der Waals surface area contributed by atoms with Gasteiger partial charge < -0.3 is 48.9 Å². The number of nitrogens with zero attached hydrogens (tertiary/aromatic N) is 6. The highest BCUT2D eigenvalue weighted by Crippen LogP contribution is 2.41. The molecule has 360 valence electrons. The summed E-state index contributed by atoms with van der Waals surface area (Å²) in [6.07, 6.45) is 6.49. The molecule has 2 saturated heterocycles. The predicted molar refractivity (Wildman–Crippen MR) is 256 cm³/mol. The number of rotatable bonds is 14. The van der Waals surface area contributed by atoms with E-state index in [-0.39, 0.29) is 43.3 Å². The number of carbonyl (C=O) groups excluding carboxylic acids is 4. The van der Waals surface area contributed by atoms with Gasteiger partial charge in [-0.2, -0.15) is 10.2 Å². The fourth-order valence-corrected chi connectivity index (χ4v) is 8.08. The molecule has 2 atom stereocenters. The number of carbonyl (C=O) groups is 4. The number of hydrogen-bond donors (Lipinski definition) is 2. The lowest BCUT2D eigenvalue weighted by Gasteiger charge is -2.30. The van der Waals surface area contributed by atoms with Crippen LogP contribution in [-0.2, 0) is 36.4 Å². The second kappa shape index (κ2) is 21.1. The summed E-state index contributed by atoms with van der Waals surface area (Å²) in [6, 6.07) is 24.4. The van der Waals surface area contributed by atoms with Gasteiger partial charge in [-0.1, -0.05) is 7.43 Å². The normalized spacial score (nSPS) is 16.2. The van der Waals surface area contributed by atoms with Gasteiger partial charge in [-0.25, -0.2) is 0 Å². The van der Waals surface area contributed by atoms with Gasteiger partial charge >= 0.3 is 0 Å². The second-order valence-corrected chi connectivity index (χ2v) is 16.9. The number of benzene rings is 4. The van der Waals surface area contributed by atoms with E-state index in [0.717, 1.165) is 50.1 Å². The van der Waals surface area contributed by atoms with E-state index in [1.165, 1.54) is 0 Å². The summed E-state index contributed by atoms with van der Waals surface area (Å²) in [5.41, 5.74) is 3.78. The largest absolute Gasteiger partial charge is 0.487 e. The lowest BCUT2D eigenvalue weighted by Crippen LogP contribution is -2.41. The van der Waals surface area contributed by atoms with Crippen LogP contribution >= 0.6 is 0 Å². The maximum atomic E-state index is 12.9. The standard InChI is InChI=1S/2C25H26N4O5.CH4/c2*1-28-11-8-23(27-28)26-24(30)17-12-21(20-14-19(15-32-2)34-22(20)13-17)33-18-6-4-16(5-7-18)25(31)29-9-3-10-29;/h2*4-8,11-13,19H,3,9-10,14-15H2,1-2H3,(H,26,27,30);1H4. The molecule has 0 aliphatic carbocycles. The first kappa shape index (κ1) is 47.8. The van der Waals surface area contributed by atoms with E-state index in [1.54, 1.807) is 135 Å². The third-order valence-corrected chi connectivity index (χ3v) is 11.9. The van der Waals surface area contributed by atoms with Crippen molar-refractivity contribution in [3.05, 3.63) is 131 Å². The van der Waals surface area contributed by atoms with Gasteiger partial charge in [-0.15, -0.1) is 0 Å². The van der Waals surface area contributed by atoms with E-state index in [1.807, 2.05) is 9.80 Å². The number of likely N-dealkylation sites (tertiary alicyclic amines) is 2. The molecule has 4 amide bonds. The third-order valence-electron chi connectivity index (χ3n) is 11.9. The topological polar surface area (TPSA) is 190 Å². The molecule has 2 unspecified atom stereocenters. The van der Waals surface area contributed by atoms with Crippen molar-refractivity contribution >= 4 is 35.3 Å². The number of anilines is 2. The average molecular weight is 941 g/mol. The van der Waals surface area contributed by atoms with E-state index >= 15 is 0 Å². The molecule has 0 spiro atoms. The van der Waals surface area contributed by atoms with Gasteiger partial charge in [-0.3, -0.25) is 28.5 Å². The fraction of sp³-hybridized carbons (Fsp3) is 0.333. The highest BCUT2D eigenvalue weighted by molar-refractivity contribution is 6.05. The molecule has 0 bridgehead atoms. The maximum absolute atomic E-state index is 12.9. The Balaban J connectivity index is 0.000000183. The zero-order valence-corrected chi connectivity index (χ0v) is 38.2. The molecule has 6 heterocycles. The van der Waals surface area contributed by atoms with Crippen LogP contribution in [0.25, 0.3) is 0 Å². The number of fused-ring (bicyclic) bond motifs is 2. The number of aryl methyl sites for hydroxylation is 2. The van der Waals surface area contributed by atoms with Crippen LogP contribution in [0.5, 0.6) is 34.5 Å². The maximum Gasteiger partial charge on any atom is 0.257 e. The van der Waals surface area contributed by atoms with Crippen molar-refractivity contribution < 1.29 is 47.6 Å². The summed E-state index contributed by atoms with van der Waals surface area (Å²) >= 11 is 0. The van der Waals surface area contributed by atoms with Crippen LogP contribution in [0.3, 0.4) is 0 Å². The molecule has 2 aromatic heterocycles. The Bertz CT molecular complexity index is 2620. The van der Waals surface area contributed by atoms with Gasteiger partial charge in [-0.05, 0) is 85.6 Å². The van der Waals surface area contributed by atoms with Crippen LogP contribution in [0.15, 0.2) is 97.3 Å². The quantitative estimate of drug-likeness (QED) is 0.112. The number of hydrogen-bond acceptors (Lipinski definition) is 12. The second-order valence-electron chi connectivity index (χ2n) is 16.9. The monoisotopic (exact) mass is 940 g/mol. The minimum atomic E-state index is -0.319. The van der Waals surface area contributed by atoms with E-state index in [2.05, 4.69) is 20.8 Å². The van der Waals surface area contributed by atoms with Crippen LogP contribution in [-0.4, -0.2) is 119 Å². The van der Waals surface area contributed by atoms with E-state index in [4.69, 9.17) is 28.4 Å². The molecule has 0 radical (unpaired) electrons. The first-order valence-electron chi connectivity index (χ1n) is 22.4. The molecule has 6 aromatic rings. The summed E-state index contributed by atoms with van der Waals surface area (Å²) < 4.78 is 38.1. The minimum Gasteiger partial charge on any atom is -0.487 e. The predicted octanol–water partition coefficient (Wildman–Crippen LogP) is 7.16. The van der Waals surface area contributed by atoms with Crippen molar-refractivity contribution in [3.8, 4) is 34.5 Å². The van der Waals surface area contributed by atoms with Gasteiger partial charge in [0.1, 0.15) is 46.7 Å². The van der Waals surface area contributed by atoms with Gasteiger partial charge in [0, 0.05) is 125 Å². The summed E-state index contributed by atoms with van der Waals surface area (Å²) in [5, 5.41) is 14.0. The lowest BCUT2D eigenvalue weighted by atomic mass is 10.1. The Labute approximate surface area is 400 Å². The third kappa shape index (κ3) is 11.0. The van der Waals surface area contributed by atoms with Gasteiger partial charge in [0.2, 0.25) is 0 Å².